The Bertz CT molecular complexity index is 778. The molecule has 0 unspecified atom stereocenters. The van der Waals surface area contributed by atoms with Crippen LogP contribution >= 0.6 is 0 Å². The Balaban J connectivity index is 2.05. The van der Waals surface area contributed by atoms with Crippen LogP contribution < -0.4 is 10.1 Å². The summed E-state index contributed by atoms with van der Waals surface area (Å²) in [6.07, 6.45) is 1.16. The van der Waals surface area contributed by atoms with Gasteiger partial charge in [-0.25, -0.2) is 8.42 Å². The number of benzene rings is 2. The Kier molecular flexibility index (Phi) is 5.05. The molecule has 122 valence electrons. The van der Waals surface area contributed by atoms with Gasteiger partial charge in [0.05, 0.1) is 4.90 Å². The van der Waals surface area contributed by atoms with E-state index in [2.05, 4.69) is 5.32 Å². The van der Waals surface area contributed by atoms with Gasteiger partial charge in [-0.05, 0) is 48.5 Å². The Morgan fingerprint density at radius 1 is 0.957 bits per heavy atom. The quantitative estimate of drug-likeness (QED) is 0.909. The normalized spacial score (nSPS) is 11.3. The average Bonchev–Trinajstić information content (AvgIpc) is 2.49. The molecule has 0 aliphatic carbocycles. The Hall–Kier alpha value is -2.34. The summed E-state index contributed by atoms with van der Waals surface area (Å²) in [5.74, 6) is 1.00. The summed E-state index contributed by atoms with van der Waals surface area (Å²) >= 11 is 0. The van der Waals surface area contributed by atoms with Crippen molar-refractivity contribution in [1.82, 2.24) is 0 Å². The standard InChI is InChI=1S/C17H19NO4S/c1-12(2)17(19)18-13-4-6-14(7-5-13)22-15-8-10-16(11-9-15)23(3,20)21/h4-12H,1-3H3,(H,18,19). The molecule has 0 saturated heterocycles. The number of rotatable bonds is 5. The van der Waals surface area contributed by atoms with Crippen LogP contribution in [0, 0.1) is 5.92 Å². The van der Waals surface area contributed by atoms with Gasteiger partial charge >= 0.3 is 0 Å². The minimum absolute atomic E-state index is 0.0463. The molecule has 0 fully saturated rings. The number of anilines is 1. The molecule has 1 N–H and O–H groups in total. The second-order valence-corrected chi connectivity index (χ2v) is 7.53. The molecule has 0 aliphatic rings. The van der Waals surface area contributed by atoms with Crippen LogP contribution in [0.4, 0.5) is 5.69 Å². The number of sulfone groups is 1. The van der Waals surface area contributed by atoms with Crippen molar-refractivity contribution in [3.8, 4) is 11.5 Å². The fourth-order valence-corrected chi connectivity index (χ4v) is 2.41. The fourth-order valence-electron chi connectivity index (χ4n) is 1.78. The third kappa shape index (κ3) is 4.82. The average molecular weight is 333 g/mol. The summed E-state index contributed by atoms with van der Waals surface area (Å²) in [5.41, 5.74) is 0.698. The highest BCUT2D eigenvalue weighted by atomic mass is 32.2. The molecular formula is C17H19NO4S. The van der Waals surface area contributed by atoms with Crippen molar-refractivity contribution >= 4 is 21.4 Å². The van der Waals surface area contributed by atoms with Gasteiger partial charge < -0.3 is 10.1 Å². The van der Waals surface area contributed by atoms with E-state index in [1.807, 2.05) is 13.8 Å². The summed E-state index contributed by atoms with van der Waals surface area (Å²) < 4.78 is 28.4. The number of amides is 1. The molecule has 0 heterocycles. The van der Waals surface area contributed by atoms with Crippen LogP contribution in [0.2, 0.25) is 0 Å². The molecule has 2 aromatic rings. The summed E-state index contributed by atoms with van der Waals surface area (Å²) in [5, 5.41) is 2.80. The summed E-state index contributed by atoms with van der Waals surface area (Å²) in [4.78, 5) is 11.9. The van der Waals surface area contributed by atoms with E-state index in [9.17, 15) is 13.2 Å². The maximum Gasteiger partial charge on any atom is 0.226 e. The molecule has 1 amide bonds. The van der Waals surface area contributed by atoms with Crippen molar-refractivity contribution < 1.29 is 17.9 Å². The van der Waals surface area contributed by atoms with Crippen LogP contribution in [-0.2, 0) is 14.6 Å². The van der Waals surface area contributed by atoms with Crippen LogP contribution in [0.1, 0.15) is 13.8 Å². The van der Waals surface area contributed by atoms with E-state index in [1.54, 1.807) is 36.4 Å². The second kappa shape index (κ2) is 6.83. The third-order valence-corrected chi connectivity index (χ3v) is 4.26. The van der Waals surface area contributed by atoms with Crippen molar-refractivity contribution in [3.63, 3.8) is 0 Å². The van der Waals surface area contributed by atoms with Gasteiger partial charge in [-0.2, -0.15) is 0 Å². The summed E-state index contributed by atoms with van der Waals surface area (Å²) in [6.45, 7) is 3.65. The molecule has 5 nitrogen and oxygen atoms in total. The minimum atomic E-state index is -3.21. The van der Waals surface area contributed by atoms with Gasteiger partial charge in [-0.1, -0.05) is 13.8 Å². The Morgan fingerprint density at radius 2 is 1.43 bits per heavy atom. The smallest absolute Gasteiger partial charge is 0.226 e. The van der Waals surface area contributed by atoms with Crippen LogP contribution in [0.3, 0.4) is 0 Å². The van der Waals surface area contributed by atoms with E-state index >= 15 is 0 Å². The van der Waals surface area contributed by atoms with E-state index < -0.39 is 9.84 Å². The largest absolute Gasteiger partial charge is 0.457 e. The fraction of sp³-hybridized carbons (Fsp3) is 0.235. The number of nitrogens with one attached hydrogen (secondary N) is 1. The molecule has 0 bridgehead atoms. The van der Waals surface area contributed by atoms with Crippen LogP contribution in [0.5, 0.6) is 11.5 Å². The molecule has 2 aromatic carbocycles. The van der Waals surface area contributed by atoms with Crippen molar-refractivity contribution in [2.24, 2.45) is 5.92 Å². The summed E-state index contributed by atoms with van der Waals surface area (Å²) in [6, 6.07) is 13.2. The lowest BCUT2D eigenvalue weighted by Gasteiger charge is -2.09. The zero-order valence-corrected chi connectivity index (χ0v) is 14.1. The highest BCUT2D eigenvalue weighted by Gasteiger charge is 2.08. The van der Waals surface area contributed by atoms with Gasteiger partial charge in [0, 0.05) is 17.9 Å². The molecule has 0 aliphatic heterocycles. The first-order valence-corrected chi connectivity index (χ1v) is 9.04. The predicted molar refractivity (Wildman–Crippen MR) is 89.5 cm³/mol. The van der Waals surface area contributed by atoms with Gasteiger partial charge in [-0.3, -0.25) is 4.79 Å². The van der Waals surface area contributed by atoms with Gasteiger partial charge in [-0.15, -0.1) is 0 Å². The van der Waals surface area contributed by atoms with Crippen LogP contribution in [0.25, 0.3) is 0 Å². The van der Waals surface area contributed by atoms with Crippen molar-refractivity contribution in [3.05, 3.63) is 48.5 Å². The molecule has 0 spiro atoms. The van der Waals surface area contributed by atoms with E-state index in [0.29, 0.717) is 17.2 Å². The van der Waals surface area contributed by atoms with Gasteiger partial charge in [0.15, 0.2) is 9.84 Å². The monoisotopic (exact) mass is 333 g/mol. The zero-order valence-electron chi connectivity index (χ0n) is 13.2. The van der Waals surface area contributed by atoms with Gasteiger partial charge in [0.25, 0.3) is 0 Å². The number of hydrogen-bond donors (Lipinski definition) is 1. The molecule has 6 heteroatoms. The lowest BCUT2D eigenvalue weighted by molar-refractivity contribution is -0.118. The van der Waals surface area contributed by atoms with E-state index in [0.717, 1.165) is 6.26 Å². The van der Waals surface area contributed by atoms with Crippen molar-refractivity contribution in [2.75, 3.05) is 11.6 Å². The topological polar surface area (TPSA) is 72.5 Å². The van der Waals surface area contributed by atoms with Crippen molar-refractivity contribution in [2.45, 2.75) is 18.7 Å². The summed E-state index contributed by atoms with van der Waals surface area (Å²) in [7, 11) is -3.21. The SMILES string of the molecule is CC(C)C(=O)Nc1ccc(Oc2ccc(S(C)(=O)=O)cc2)cc1. The maximum absolute atomic E-state index is 11.6. The highest BCUT2D eigenvalue weighted by molar-refractivity contribution is 7.90. The molecular weight excluding hydrogens is 314 g/mol. The number of ether oxygens (including phenoxy) is 1. The molecule has 0 aromatic heterocycles. The van der Waals surface area contributed by atoms with Gasteiger partial charge in [0.2, 0.25) is 5.91 Å². The predicted octanol–water partition coefficient (Wildman–Crippen LogP) is 3.48. The third-order valence-electron chi connectivity index (χ3n) is 3.13. The lowest BCUT2D eigenvalue weighted by Crippen LogP contribution is -2.17. The molecule has 2 rings (SSSR count). The number of hydrogen-bond acceptors (Lipinski definition) is 4. The maximum atomic E-state index is 11.6. The first-order chi connectivity index (χ1) is 10.8. The molecule has 0 atom stereocenters. The first-order valence-electron chi connectivity index (χ1n) is 7.14. The van der Waals surface area contributed by atoms with E-state index in [4.69, 9.17) is 4.74 Å². The highest BCUT2D eigenvalue weighted by Crippen LogP contribution is 2.24. The van der Waals surface area contributed by atoms with Crippen LogP contribution in [-0.4, -0.2) is 20.6 Å². The minimum Gasteiger partial charge on any atom is -0.457 e. The Labute approximate surface area is 136 Å². The van der Waals surface area contributed by atoms with Crippen molar-refractivity contribution in [1.29, 1.82) is 0 Å². The van der Waals surface area contributed by atoms with Crippen LogP contribution in [0.15, 0.2) is 53.4 Å². The van der Waals surface area contributed by atoms with E-state index in [1.165, 1.54) is 12.1 Å². The number of carbonyl (C=O) groups is 1. The van der Waals surface area contributed by atoms with Gasteiger partial charge in [0.1, 0.15) is 11.5 Å². The molecule has 0 radical (unpaired) electrons. The van der Waals surface area contributed by atoms with E-state index in [-0.39, 0.29) is 16.7 Å². The Morgan fingerprint density at radius 3 is 1.87 bits per heavy atom. The molecule has 0 saturated carbocycles. The second-order valence-electron chi connectivity index (χ2n) is 5.51. The zero-order chi connectivity index (χ0) is 17.0. The first kappa shape index (κ1) is 17.0. The lowest BCUT2D eigenvalue weighted by atomic mass is 10.2. The molecule has 23 heavy (non-hydrogen) atoms. The number of carbonyl (C=O) groups excluding carboxylic acids is 1.